The lowest BCUT2D eigenvalue weighted by molar-refractivity contribution is -0.384. The van der Waals surface area contributed by atoms with E-state index in [4.69, 9.17) is 12.2 Å². The summed E-state index contributed by atoms with van der Waals surface area (Å²) in [6.07, 6.45) is 2.77. The molecule has 0 aliphatic rings. The largest absolute Gasteiger partial charge is 0.508 e. The summed E-state index contributed by atoms with van der Waals surface area (Å²) in [4.78, 5) is 21.8. The molecule has 2 rings (SSSR count). The van der Waals surface area contributed by atoms with Gasteiger partial charge < -0.3 is 10.4 Å². The minimum atomic E-state index is -0.494. The second-order valence-corrected chi connectivity index (χ2v) is 5.08. The lowest BCUT2D eigenvalue weighted by atomic mass is 10.2. The Bertz CT molecular complexity index is 803. The van der Waals surface area contributed by atoms with Crippen molar-refractivity contribution < 1.29 is 14.8 Å². The summed E-state index contributed by atoms with van der Waals surface area (Å²) < 4.78 is 0. The summed E-state index contributed by atoms with van der Waals surface area (Å²) >= 11 is 5.00. The Balaban J connectivity index is 1.90. The van der Waals surface area contributed by atoms with Crippen molar-refractivity contribution in [2.45, 2.75) is 0 Å². The number of hydrogen-bond donors (Lipinski definition) is 3. The minimum absolute atomic E-state index is 0.0203. The van der Waals surface area contributed by atoms with Crippen LogP contribution in [-0.2, 0) is 4.79 Å². The molecule has 0 aromatic heterocycles. The molecule has 0 bridgehead atoms. The number of nitro benzene ring substituents is 1. The van der Waals surface area contributed by atoms with Gasteiger partial charge >= 0.3 is 0 Å². The second kappa shape index (κ2) is 7.84. The first kappa shape index (κ1) is 17.1. The molecule has 1 amide bonds. The Hall–Kier alpha value is -3.26. The van der Waals surface area contributed by atoms with Gasteiger partial charge in [-0.3, -0.25) is 20.2 Å². The van der Waals surface area contributed by atoms with Gasteiger partial charge in [0.1, 0.15) is 5.75 Å². The van der Waals surface area contributed by atoms with Gasteiger partial charge in [-0.05, 0) is 48.1 Å². The van der Waals surface area contributed by atoms with E-state index in [2.05, 4.69) is 10.6 Å². The van der Waals surface area contributed by atoms with Crippen molar-refractivity contribution >= 4 is 40.7 Å². The van der Waals surface area contributed by atoms with E-state index in [0.717, 1.165) is 0 Å². The van der Waals surface area contributed by atoms with Gasteiger partial charge in [-0.15, -0.1) is 0 Å². The van der Waals surface area contributed by atoms with Crippen LogP contribution in [0.15, 0.2) is 54.6 Å². The Kier molecular flexibility index (Phi) is 5.58. The molecule has 122 valence electrons. The van der Waals surface area contributed by atoms with Crippen LogP contribution in [0.2, 0.25) is 0 Å². The van der Waals surface area contributed by atoms with E-state index in [1.807, 2.05) is 0 Å². The zero-order valence-electron chi connectivity index (χ0n) is 12.3. The highest BCUT2D eigenvalue weighted by atomic mass is 32.1. The number of nitrogens with one attached hydrogen (secondary N) is 2. The van der Waals surface area contributed by atoms with Crippen molar-refractivity contribution in [1.82, 2.24) is 5.32 Å². The molecule has 2 aromatic rings. The van der Waals surface area contributed by atoms with E-state index in [9.17, 15) is 20.0 Å². The van der Waals surface area contributed by atoms with Gasteiger partial charge in [0.05, 0.1) is 4.92 Å². The molecule has 0 unspecified atom stereocenters. The van der Waals surface area contributed by atoms with Gasteiger partial charge in [0.25, 0.3) is 5.69 Å². The SMILES string of the molecule is O=C(/C=C/c1ccc([N+](=O)[O-])cc1)NC(=S)Nc1cccc(O)c1. The van der Waals surface area contributed by atoms with Crippen molar-refractivity contribution in [3.63, 3.8) is 0 Å². The van der Waals surface area contributed by atoms with Gasteiger partial charge in [-0.25, -0.2) is 0 Å². The molecule has 24 heavy (non-hydrogen) atoms. The molecule has 0 aliphatic carbocycles. The van der Waals surface area contributed by atoms with Gasteiger partial charge in [0.15, 0.2) is 5.11 Å². The number of nitro groups is 1. The van der Waals surface area contributed by atoms with E-state index in [-0.39, 0.29) is 16.5 Å². The fourth-order valence-corrected chi connectivity index (χ4v) is 2.00. The molecule has 7 nitrogen and oxygen atoms in total. The van der Waals surface area contributed by atoms with Gasteiger partial charge in [0.2, 0.25) is 5.91 Å². The number of aromatic hydroxyl groups is 1. The molecule has 0 aliphatic heterocycles. The zero-order chi connectivity index (χ0) is 17.5. The molecule has 0 saturated carbocycles. The van der Waals surface area contributed by atoms with Gasteiger partial charge in [-0.1, -0.05) is 6.07 Å². The number of nitrogens with zero attached hydrogens (tertiary/aromatic N) is 1. The Labute approximate surface area is 142 Å². The maximum atomic E-state index is 11.8. The lowest BCUT2D eigenvalue weighted by Crippen LogP contribution is -2.32. The number of rotatable bonds is 4. The third-order valence-electron chi connectivity index (χ3n) is 2.87. The van der Waals surface area contributed by atoms with E-state index < -0.39 is 10.8 Å². The zero-order valence-corrected chi connectivity index (χ0v) is 13.1. The van der Waals surface area contributed by atoms with Crippen LogP contribution in [0, 0.1) is 10.1 Å². The highest BCUT2D eigenvalue weighted by molar-refractivity contribution is 7.80. The van der Waals surface area contributed by atoms with Crippen molar-refractivity contribution in [3.8, 4) is 5.75 Å². The highest BCUT2D eigenvalue weighted by Gasteiger charge is 2.04. The van der Waals surface area contributed by atoms with Crippen molar-refractivity contribution in [2.75, 3.05) is 5.32 Å². The summed E-state index contributed by atoms with van der Waals surface area (Å²) in [5, 5.41) is 25.2. The number of hydrogen-bond acceptors (Lipinski definition) is 5. The van der Waals surface area contributed by atoms with E-state index in [1.165, 1.54) is 48.6 Å². The number of carbonyl (C=O) groups excluding carboxylic acids is 1. The monoisotopic (exact) mass is 343 g/mol. The molecule has 0 atom stereocenters. The van der Waals surface area contributed by atoms with E-state index in [0.29, 0.717) is 11.3 Å². The topological polar surface area (TPSA) is 104 Å². The third kappa shape index (κ3) is 5.18. The molecule has 8 heteroatoms. The van der Waals surface area contributed by atoms with Crippen LogP contribution in [0.5, 0.6) is 5.75 Å². The number of carbonyl (C=O) groups is 1. The van der Waals surface area contributed by atoms with Crippen LogP contribution in [0.4, 0.5) is 11.4 Å². The second-order valence-electron chi connectivity index (χ2n) is 4.68. The summed E-state index contributed by atoms with van der Waals surface area (Å²) in [5.74, 6) is -0.377. The van der Waals surface area contributed by atoms with Crippen LogP contribution in [0.1, 0.15) is 5.56 Å². The third-order valence-corrected chi connectivity index (χ3v) is 3.08. The molecular weight excluding hydrogens is 330 g/mol. The number of amides is 1. The van der Waals surface area contributed by atoms with E-state index in [1.54, 1.807) is 12.1 Å². The van der Waals surface area contributed by atoms with Gasteiger partial charge in [0, 0.05) is 30.0 Å². The highest BCUT2D eigenvalue weighted by Crippen LogP contribution is 2.15. The van der Waals surface area contributed by atoms with Crippen molar-refractivity contribution in [1.29, 1.82) is 0 Å². The van der Waals surface area contributed by atoms with Crippen LogP contribution >= 0.6 is 12.2 Å². The quantitative estimate of drug-likeness (QED) is 0.341. The standard InChI is InChI=1S/C16H13N3O4S/c20-14-3-1-2-12(10-14)17-16(24)18-15(21)9-6-11-4-7-13(8-5-11)19(22)23/h1-10,20H,(H2,17,18,21,24)/b9-6+. The van der Waals surface area contributed by atoms with Crippen molar-refractivity contribution in [3.05, 3.63) is 70.3 Å². The summed E-state index contributed by atoms with van der Waals surface area (Å²) in [6.45, 7) is 0. The number of phenols is 1. The minimum Gasteiger partial charge on any atom is -0.508 e. The first-order chi connectivity index (χ1) is 11.4. The van der Waals surface area contributed by atoms with Crippen LogP contribution in [0.3, 0.4) is 0 Å². The smallest absolute Gasteiger partial charge is 0.269 e. The first-order valence-electron chi connectivity index (χ1n) is 6.77. The number of thiocarbonyl (C=S) groups is 1. The molecular formula is C16H13N3O4S. The fraction of sp³-hybridized carbons (Fsp3) is 0. The van der Waals surface area contributed by atoms with Crippen LogP contribution in [-0.4, -0.2) is 21.0 Å². The fourth-order valence-electron chi connectivity index (χ4n) is 1.78. The van der Waals surface area contributed by atoms with Crippen molar-refractivity contribution in [2.24, 2.45) is 0 Å². The number of benzene rings is 2. The predicted molar refractivity (Wildman–Crippen MR) is 94.6 cm³/mol. The Morgan fingerprint density at radius 2 is 1.92 bits per heavy atom. The lowest BCUT2D eigenvalue weighted by Gasteiger charge is -2.08. The normalized spacial score (nSPS) is 10.3. The molecule has 3 N–H and O–H groups in total. The Morgan fingerprint density at radius 3 is 2.54 bits per heavy atom. The van der Waals surface area contributed by atoms with Gasteiger partial charge in [-0.2, -0.15) is 0 Å². The summed E-state index contributed by atoms with van der Waals surface area (Å²) in [5.41, 5.74) is 1.16. The predicted octanol–water partition coefficient (Wildman–Crippen LogP) is 2.83. The molecule has 0 fully saturated rings. The number of non-ortho nitro benzene ring substituents is 1. The maximum absolute atomic E-state index is 11.8. The molecule has 0 saturated heterocycles. The van der Waals surface area contributed by atoms with E-state index >= 15 is 0 Å². The molecule has 0 heterocycles. The average molecular weight is 343 g/mol. The van der Waals surface area contributed by atoms with Crippen LogP contribution < -0.4 is 10.6 Å². The first-order valence-corrected chi connectivity index (χ1v) is 7.18. The molecule has 0 radical (unpaired) electrons. The maximum Gasteiger partial charge on any atom is 0.269 e. The molecule has 2 aromatic carbocycles. The molecule has 0 spiro atoms. The van der Waals surface area contributed by atoms with Crippen LogP contribution in [0.25, 0.3) is 6.08 Å². The number of phenolic OH excluding ortho intramolecular Hbond substituents is 1. The average Bonchev–Trinajstić information content (AvgIpc) is 2.53. The summed E-state index contributed by atoms with van der Waals surface area (Å²) in [7, 11) is 0. The summed E-state index contributed by atoms with van der Waals surface area (Å²) in [6, 6.07) is 12.1. The number of anilines is 1. The Morgan fingerprint density at radius 1 is 1.21 bits per heavy atom.